The largest absolute Gasteiger partial charge is 0.458 e. The quantitative estimate of drug-likeness (QED) is 0.129. The highest BCUT2D eigenvalue weighted by Gasteiger charge is 2.71. The molecule has 18 heteroatoms. The van der Waals surface area contributed by atoms with Crippen molar-refractivity contribution in [3.8, 4) is 0 Å². The van der Waals surface area contributed by atoms with Gasteiger partial charge in [0, 0.05) is 72.4 Å². The van der Waals surface area contributed by atoms with Gasteiger partial charge in [-0.25, -0.2) is 4.79 Å². The van der Waals surface area contributed by atoms with Crippen molar-refractivity contribution in [2.75, 3.05) is 28.4 Å². The van der Waals surface area contributed by atoms with Crippen LogP contribution in [0.15, 0.2) is 42.0 Å². The minimum absolute atomic E-state index is 0.0322. The van der Waals surface area contributed by atoms with Crippen molar-refractivity contribution >= 4 is 17.7 Å². The van der Waals surface area contributed by atoms with E-state index in [4.69, 9.17) is 66.3 Å². The van der Waals surface area contributed by atoms with Crippen molar-refractivity contribution in [1.82, 2.24) is 0 Å². The lowest BCUT2D eigenvalue weighted by atomic mass is 9.45. The van der Waals surface area contributed by atoms with E-state index in [-0.39, 0.29) is 47.4 Å². The van der Waals surface area contributed by atoms with Gasteiger partial charge in [-0.15, -0.1) is 0 Å². The highest BCUT2D eigenvalue weighted by Crippen LogP contribution is 2.69. The Balaban J connectivity index is 0.785. The Bertz CT molecular complexity index is 2200. The molecule has 0 amide bonds. The molecule has 1 aromatic carbocycles. The lowest BCUT2D eigenvalue weighted by Gasteiger charge is -2.63. The molecule has 4 aliphatic heterocycles. The molecule has 2 unspecified atom stereocenters. The highest BCUT2D eigenvalue weighted by molar-refractivity contribution is 5.89. The van der Waals surface area contributed by atoms with Crippen LogP contribution in [0.25, 0.3) is 0 Å². The van der Waals surface area contributed by atoms with Gasteiger partial charge in [-0.1, -0.05) is 43.7 Å². The number of carbonyl (C=O) groups is 3. The van der Waals surface area contributed by atoms with Crippen molar-refractivity contribution in [1.29, 1.82) is 0 Å². The molecule has 7 fully saturated rings. The standard InChI is InChI=1S/C58H86O18/c1-30(59)39-21-23-58(62)40-19-18-37-24-38(20-22-56(37,7)41(40)25-46(57(39,58)8)73-55(61)36-16-14-13-15-17-36)72-47-26-43(64-10)52(32(3)67-47)75-49-28-45(66-12)54(34(5)69-49)76-50-29-44(65-11)53(33(4)70-50)74-48-27-42(63-9)51(31(2)68-48)71-35(6)60/h13-18,31-34,38-54,62H,19-29H2,1-12H3/t31-,32-,33-,34-,38+,39-,40?,41?,42-,43+,44+,45+,46-,47-,48+,49+,50+,51-,52-,53-,54-,56+,57+,58+/m1/s1. The molecule has 24 atom stereocenters. The van der Waals surface area contributed by atoms with E-state index in [0.29, 0.717) is 56.9 Å². The molecule has 3 saturated carbocycles. The summed E-state index contributed by atoms with van der Waals surface area (Å²) in [6, 6.07) is 8.98. The van der Waals surface area contributed by atoms with Gasteiger partial charge in [0.25, 0.3) is 0 Å². The molecule has 4 aliphatic carbocycles. The molecular weight excluding hydrogens is 985 g/mol. The van der Waals surface area contributed by atoms with E-state index in [9.17, 15) is 19.5 Å². The van der Waals surface area contributed by atoms with Crippen LogP contribution in [-0.2, 0) is 75.9 Å². The highest BCUT2D eigenvalue weighted by atomic mass is 16.8. The Labute approximate surface area is 449 Å². The SMILES string of the molecule is CO[C@H]1C[C@H](O[C@H]2[C@@H](OC)C[C@H](O[C@H]3[C@@H](OC)C[C@@H](O[C@H]4CC[C@@]5(C)C(=CCC6C5C[C@@H](OC(=O)c5ccccc5)[C@]5(C)[C@@H](C(C)=O)CC[C@]65O)C4)O[C@@H]3C)O[C@@H]2C)O[C@H](C)[C@H]1O[C@H]1C[C@@H](OC)[C@H](OC(C)=O)[C@@H](C)O1. The van der Waals surface area contributed by atoms with Crippen LogP contribution in [0, 0.1) is 28.6 Å². The van der Waals surface area contributed by atoms with Crippen LogP contribution < -0.4 is 0 Å². The van der Waals surface area contributed by atoms with E-state index in [1.165, 1.54) is 12.5 Å². The van der Waals surface area contributed by atoms with Gasteiger partial charge < -0.3 is 71.4 Å². The molecule has 76 heavy (non-hydrogen) atoms. The van der Waals surface area contributed by atoms with Gasteiger partial charge >= 0.3 is 11.9 Å². The van der Waals surface area contributed by atoms with Crippen LogP contribution in [0.5, 0.6) is 0 Å². The monoisotopic (exact) mass is 1070 g/mol. The number of benzene rings is 1. The summed E-state index contributed by atoms with van der Waals surface area (Å²) in [5, 5.41) is 12.9. The second-order valence-electron chi connectivity index (χ2n) is 23.5. The third-order valence-corrected chi connectivity index (χ3v) is 19.3. The normalized spacial score (nSPS) is 46.4. The van der Waals surface area contributed by atoms with Crippen molar-refractivity contribution in [3.63, 3.8) is 0 Å². The van der Waals surface area contributed by atoms with Crippen molar-refractivity contribution < 1.29 is 85.8 Å². The first-order chi connectivity index (χ1) is 36.2. The van der Waals surface area contributed by atoms with E-state index in [1.807, 2.05) is 52.8 Å². The van der Waals surface area contributed by atoms with E-state index in [0.717, 1.165) is 19.3 Å². The van der Waals surface area contributed by atoms with Crippen LogP contribution >= 0.6 is 0 Å². The summed E-state index contributed by atoms with van der Waals surface area (Å²) < 4.78 is 88.1. The van der Waals surface area contributed by atoms with Gasteiger partial charge in [0.05, 0.1) is 60.0 Å². The Morgan fingerprint density at radius 1 is 0.592 bits per heavy atom. The maximum Gasteiger partial charge on any atom is 0.338 e. The molecule has 0 spiro atoms. The minimum Gasteiger partial charge on any atom is -0.458 e. The molecule has 1 N–H and O–H groups in total. The number of ketones is 1. The van der Waals surface area contributed by atoms with E-state index < -0.39 is 115 Å². The molecule has 1 aromatic rings. The fourth-order valence-corrected chi connectivity index (χ4v) is 15.2. The van der Waals surface area contributed by atoms with Gasteiger partial charge in [-0.05, 0) is 109 Å². The van der Waals surface area contributed by atoms with Gasteiger partial charge in [-0.2, -0.15) is 0 Å². The fourth-order valence-electron chi connectivity index (χ4n) is 15.2. The summed E-state index contributed by atoms with van der Waals surface area (Å²) in [7, 11) is 6.56. The van der Waals surface area contributed by atoms with Crippen LogP contribution in [0.3, 0.4) is 0 Å². The van der Waals surface area contributed by atoms with Gasteiger partial charge in [0.15, 0.2) is 31.3 Å². The van der Waals surface area contributed by atoms with Crippen LogP contribution in [0.2, 0.25) is 0 Å². The number of hydrogen-bond donors (Lipinski definition) is 1. The smallest absolute Gasteiger partial charge is 0.338 e. The number of esters is 2. The van der Waals surface area contributed by atoms with Gasteiger partial charge in [0.2, 0.25) is 0 Å². The van der Waals surface area contributed by atoms with Crippen LogP contribution in [0.1, 0.15) is 136 Å². The molecule has 9 rings (SSSR count). The molecule has 18 nitrogen and oxygen atoms in total. The maximum absolute atomic E-state index is 13.7. The molecule has 0 radical (unpaired) electrons. The molecule has 4 heterocycles. The predicted octanol–water partition coefficient (Wildman–Crippen LogP) is 7.18. The zero-order chi connectivity index (χ0) is 54.4. The average Bonchev–Trinajstić information content (AvgIpc) is 3.93. The predicted molar refractivity (Wildman–Crippen MR) is 272 cm³/mol. The number of rotatable bonds is 16. The lowest BCUT2D eigenvalue weighted by Crippen LogP contribution is -2.66. The maximum atomic E-state index is 13.7. The van der Waals surface area contributed by atoms with E-state index in [1.54, 1.807) is 47.5 Å². The van der Waals surface area contributed by atoms with E-state index in [2.05, 4.69) is 13.0 Å². The zero-order valence-corrected chi connectivity index (χ0v) is 46.8. The first-order valence-corrected chi connectivity index (χ1v) is 27.9. The fraction of sp³-hybridized carbons (Fsp3) is 0.810. The number of carbonyl (C=O) groups excluding carboxylic acids is 3. The number of Topliss-reactive ketones (excluding diaryl/α,β-unsaturated/α-hetero) is 1. The Morgan fingerprint density at radius 2 is 1.07 bits per heavy atom. The second kappa shape index (κ2) is 23.6. The van der Waals surface area contributed by atoms with E-state index >= 15 is 0 Å². The lowest BCUT2D eigenvalue weighted by molar-refractivity contribution is -0.347. The van der Waals surface area contributed by atoms with Gasteiger partial charge in [-0.3, -0.25) is 9.59 Å². The molecular formula is C58H86O18. The number of hydrogen-bond acceptors (Lipinski definition) is 18. The Morgan fingerprint density at radius 3 is 1.54 bits per heavy atom. The topological polar surface area (TPSA) is 201 Å². The summed E-state index contributed by atoms with van der Waals surface area (Å²) >= 11 is 0. The minimum atomic E-state index is -1.17. The van der Waals surface area contributed by atoms with Crippen LogP contribution in [-0.4, -0.2) is 167 Å². The summed E-state index contributed by atoms with van der Waals surface area (Å²) in [5.41, 5.74) is -0.579. The second-order valence-corrected chi connectivity index (χ2v) is 23.5. The van der Waals surface area contributed by atoms with Gasteiger partial charge in [0.1, 0.15) is 36.3 Å². The first-order valence-electron chi connectivity index (χ1n) is 27.9. The molecule has 8 aliphatic rings. The molecule has 0 aromatic heterocycles. The summed E-state index contributed by atoms with van der Waals surface area (Å²) in [5.74, 6) is -1.23. The number of aliphatic hydroxyl groups is 1. The van der Waals surface area contributed by atoms with Crippen molar-refractivity contribution in [3.05, 3.63) is 47.5 Å². The van der Waals surface area contributed by atoms with Crippen molar-refractivity contribution in [2.24, 2.45) is 28.6 Å². The Hall–Kier alpha value is -2.95. The summed E-state index contributed by atoms with van der Waals surface area (Å²) in [6.45, 7) is 14.9. The number of methoxy groups -OCH3 is 4. The van der Waals surface area contributed by atoms with Crippen LogP contribution in [0.4, 0.5) is 0 Å². The summed E-state index contributed by atoms with van der Waals surface area (Å²) in [6.07, 6.45) is 0.209. The third-order valence-electron chi connectivity index (χ3n) is 19.3. The number of fused-ring (bicyclic) bond motifs is 5. The zero-order valence-electron chi connectivity index (χ0n) is 46.8. The van der Waals surface area contributed by atoms with Crippen molar-refractivity contribution in [2.45, 2.75) is 242 Å². The summed E-state index contributed by atoms with van der Waals surface area (Å²) in [4.78, 5) is 38.7. The third kappa shape index (κ3) is 11.1. The Kier molecular flexibility index (Phi) is 18.0. The molecule has 4 saturated heterocycles. The number of allylic oxidation sites excluding steroid dienone is 1. The number of ether oxygens (including phenoxy) is 14. The average molecular weight is 1070 g/mol. The molecule has 0 bridgehead atoms. The molecule has 426 valence electrons. The first kappa shape index (κ1) is 57.7.